The Morgan fingerprint density at radius 2 is 1.84 bits per heavy atom. The summed E-state index contributed by atoms with van der Waals surface area (Å²) in [6.07, 6.45) is 0. The van der Waals surface area contributed by atoms with Crippen LogP contribution in [0.15, 0.2) is 82.8 Å². The minimum Gasteiger partial charge on any atom is -0.497 e. The SMILES string of the molecule is COc1cccc(NC(=O)CN2N=C(c3ccccc3)c3cc(Cl)ccc3S2(=O)=O)c1. The lowest BCUT2D eigenvalue weighted by molar-refractivity contribution is -0.116. The Balaban J connectivity index is 1.70. The molecule has 0 aromatic heterocycles. The molecule has 7 nitrogen and oxygen atoms in total. The number of hydrazone groups is 1. The molecule has 0 aliphatic carbocycles. The van der Waals surface area contributed by atoms with Gasteiger partial charge in [-0.3, -0.25) is 4.79 Å². The van der Waals surface area contributed by atoms with Gasteiger partial charge >= 0.3 is 0 Å². The van der Waals surface area contributed by atoms with Gasteiger partial charge in [-0.15, -0.1) is 0 Å². The van der Waals surface area contributed by atoms with Crippen molar-refractivity contribution in [1.29, 1.82) is 0 Å². The smallest absolute Gasteiger partial charge is 0.280 e. The predicted octanol–water partition coefficient (Wildman–Crippen LogP) is 3.74. The first-order chi connectivity index (χ1) is 14.9. The molecule has 0 saturated heterocycles. The molecule has 4 rings (SSSR count). The maximum absolute atomic E-state index is 13.2. The molecule has 1 aliphatic rings. The first-order valence-electron chi connectivity index (χ1n) is 9.29. The molecular formula is C22H18ClN3O4S. The fraction of sp³-hybridized carbons (Fsp3) is 0.0909. The van der Waals surface area contributed by atoms with Gasteiger partial charge in [-0.2, -0.15) is 17.9 Å². The summed E-state index contributed by atoms with van der Waals surface area (Å²) in [5.74, 6) is 0.0315. The van der Waals surface area contributed by atoms with Crippen molar-refractivity contribution in [3.8, 4) is 5.75 Å². The van der Waals surface area contributed by atoms with Crippen LogP contribution in [0.3, 0.4) is 0 Å². The van der Waals surface area contributed by atoms with Gasteiger partial charge in [-0.05, 0) is 30.3 Å². The summed E-state index contributed by atoms with van der Waals surface area (Å²) < 4.78 is 32.3. The van der Waals surface area contributed by atoms with Gasteiger partial charge in [0.2, 0.25) is 5.91 Å². The summed E-state index contributed by atoms with van der Waals surface area (Å²) in [5, 5.41) is 7.38. The number of halogens is 1. The lowest BCUT2D eigenvalue weighted by atomic mass is 10.0. The first kappa shape index (κ1) is 20.9. The van der Waals surface area contributed by atoms with E-state index < -0.39 is 22.5 Å². The molecule has 0 fully saturated rings. The molecule has 0 bridgehead atoms. The molecule has 0 atom stereocenters. The van der Waals surface area contributed by atoms with Crippen LogP contribution in [0.4, 0.5) is 5.69 Å². The summed E-state index contributed by atoms with van der Waals surface area (Å²) in [6.45, 7) is -0.488. The van der Waals surface area contributed by atoms with E-state index >= 15 is 0 Å². The zero-order valence-electron chi connectivity index (χ0n) is 16.4. The molecular weight excluding hydrogens is 438 g/mol. The lowest BCUT2D eigenvalue weighted by Gasteiger charge is -2.27. The molecule has 1 heterocycles. The zero-order valence-corrected chi connectivity index (χ0v) is 18.0. The third-order valence-electron chi connectivity index (χ3n) is 4.64. The molecule has 0 unspecified atom stereocenters. The topological polar surface area (TPSA) is 88.1 Å². The van der Waals surface area contributed by atoms with E-state index in [1.807, 2.05) is 30.3 Å². The highest BCUT2D eigenvalue weighted by Gasteiger charge is 2.34. The molecule has 3 aromatic carbocycles. The van der Waals surface area contributed by atoms with Crippen LogP contribution in [0.2, 0.25) is 5.02 Å². The average Bonchev–Trinajstić information content (AvgIpc) is 2.76. The molecule has 1 aliphatic heterocycles. The number of benzene rings is 3. The van der Waals surface area contributed by atoms with Crippen molar-refractivity contribution >= 4 is 38.9 Å². The van der Waals surface area contributed by atoms with E-state index in [9.17, 15) is 13.2 Å². The van der Waals surface area contributed by atoms with E-state index in [1.54, 1.807) is 30.3 Å². The number of nitrogens with zero attached hydrogens (tertiary/aromatic N) is 2. The fourth-order valence-corrected chi connectivity index (χ4v) is 4.75. The van der Waals surface area contributed by atoms with Gasteiger partial charge in [0.25, 0.3) is 10.0 Å². The van der Waals surface area contributed by atoms with Crippen molar-refractivity contribution in [2.24, 2.45) is 5.10 Å². The van der Waals surface area contributed by atoms with E-state index in [-0.39, 0.29) is 4.90 Å². The molecule has 0 saturated carbocycles. The maximum atomic E-state index is 13.2. The van der Waals surface area contributed by atoms with Crippen molar-refractivity contribution in [3.63, 3.8) is 0 Å². The second kappa shape index (κ2) is 8.41. The van der Waals surface area contributed by atoms with Gasteiger partial charge in [0.15, 0.2) is 0 Å². The number of methoxy groups -OCH3 is 1. The number of anilines is 1. The van der Waals surface area contributed by atoms with Crippen LogP contribution in [-0.4, -0.2) is 38.1 Å². The molecule has 158 valence electrons. The Hall–Kier alpha value is -3.36. The van der Waals surface area contributed by atoms with Crippen molar-refractivity contribution in [1.82, 2.24) is 4.41 Å². The van der Waals surface area contributed by atoms with E-state index in [4.69, 9.17) is 16.3 Å². The van der Waals surface area contributed by atoms with E-state index in [2.05, 4.69) is 10.4 Å². The number of fused-ring (bicyclic) bond motifs is 1. The summed E-state index contributed by atoms with van der Waals surface area (Å²) in [6, 6.07) is 20.4. The van der Waals surface area contributed by atoms with Crippen molar-refractivity contribution in [2.45, 2.75) is 4.90 Å². The van der Waals surface area contributed by atoms with Crippen LogP contribution < -0.4 is 10.1 Å². The van der Waals surface area contributed by atoms with Crippen LogP contribution >= 0.6 is 11.6 Å². The predicted molar refractivity (Wildman–Crippen MR) is 119 cm³/mol. The van der Waals surface area contributed by atoms with Crippen molar-refractivity contribution < 1.29 is 17.9 Å². The third kappa shape index (κ3) is 4.26. The highest BCUT2D eigenvalue weighted by Crippen LogP contribution is 2.31. The van der Waals surface area contributed by atoms with Gasteiger partial charge < -0.3 is 10.1 Å². The summed E-state index contributed by atoms with van der Waals surface area (Å²) >= 11 is 6.12. The van der Waals surface area contributed by atoms with Crippen LogP contribution in [0.25, 0.3) is 0 Å². The summed E-state index contributed by atoms with van der Waals surface area (Å²) in [5.41, 5.74) is 2.00. The monoisotopic (exact) mass is 455 g/mol. The van der Waals surface area contributed by atoms with Crippen LogP contribution in [0.1, 0.15) is 11.1 Å². The number of ether oxygens (including phenoxy) is 1. The van der Waals surface area contributed by atoms with Gasteiger partial charge in [0.1, 0.15) is 18.0 Å². The van der Waals surface area contributed by atoms with E-state index in [0.717, 1.165) is 4.41 Å². The zero-order chi connectivity index (χ0) is 22.0. The van der Waals surface area contributed by atoms with Gasteiger partial charge in [0, 0.05) is 27.9 Å². The molecule has 9 heteroatoms. The van der Waals surface area contributed by atoms with Gasteiger partial charge in [-0.25, -0.2) is 0 Å². The molecule has 31 heavy (non-hydrogen) atoms. The molecule has 1 N–H and O–H groups in total. The number of carbonyl (C=O) groups excluding carboxylic acids is 1. The van der Waals surface area contributed by atoms with Crippen LogP contribution in [-0.2, 0) is 14.8 Å². The number of hydrogen-bond donors (Lipinski definition) is 1. The van der Waals surface area contributed by atoms with E-state index in [1.165, 1.54) is 19.2 Å². The fourth-order valence-electron chi connectivity index (χ4n) is 3.20. The highest BCUT2D eigenvalue weighted by atomic mass is 35.5. The number of nitrogens with one attached hydrogen (secondary N) is 1. The van der Waals surface area contributed by atoms with Crippen molar-refractivity contribution in [2.75, 3.05) is 19.0 Å². The largest absolute Gasteiger partial charge is 0.497 e. The Bertz CT molecular complexity index is 1280. The molecule has 0 radical (unpaired) electrons. The second-order valence-corrected chi connectivity index (χ2v) is 8.97. The number of carbonyl (C=O) groups is 1. The van der Waals surface area contributed by atoms with Crippen LogP contribution in [0, 0.1) is 0 Å². The number of amides is 1. The van der Waals surface area contributed by atoms with Crippen molar-refractivity contribution in [3.05, 3.63) is 88.9 Å². The average molecular weight is 456 g/mol. The number of rotatable bonds is 5. The summed E-state index contributed by atoms with van der Waals surface area (Å²) in [7, 11) is -2.52. The third-order valence-corrected chi connectivity index (χ3v) is 6.56. The Morgan fingerprint density at radius 1 is 1.06 bits per heavy atom. The highest BCUT2D eigenvalue weighted by molar-refractivity contribution is 7.89. The minimum absolute atomic E-state index is 0.0416. The lowest BCUT2D eigenvalue weighted by Crippen LogP contribution is -2.38. The number of hydrogen-bond acceptors (Lipinski definition) is 5. The number of sulfonamides is 1. The molecule has 3 aromatic rings. The van der Waals surface area contributed by atoms with Gasteiger partial charge in [-0.1, -0.05) is 48.0 Å². The second-order valence-electron chi connectivity index (χ2n) is 6.72. The summed E-state index contributed by atoms with van der Waals surface area (Å²) in [4.78, 5) is 12.7. The normalized spacial score (nSPS) is 14.4. The Kier molecular flexibility index (Phi) is 5.67. The van der Waals surface area contributed by atoms with Crippen LogP contribution in [0.5, 0.6) is 5.75 Å². The van der Waals surface area contributed by atoms with E-state index in [0.29, 0.717) is 33.3 Å². The Labute approximate surface area is 185 Å². The molecule has 0 spiro atoms. The molecule has 1 amide bonds. The maximum Gasteiger partial charge on any atom is 0.280 e. The standard InChI is InChI=1S/C22H18ClN3O4S/c1-30-18-9-5-8-17(13-18)24-21(27)14-26-25-22(15-6-3-2-4-7-15)19-12-16(23)10-11-20(19)31(26,28)29/h2-13H,14H2,1H3,(H,24,27). The Morgan fingerprint density at radius 3 is 2.58 bits per heavy atom. The van der Waals surface area contributed by atoms with Gasteiger partial charge in [0.05, 0.1) is 12.0 Å². The minimum atomic E-state index is -4.04. The quantitative estimate of drug-likeness (QED) is 0.634. The first-order valence-corrected chi connectivity index (χ1v) is 11.1.